The van der Waals surface area contributed by atoms with Crippen LogP contribution in [0.4, 0.5) is 22.7 Å². The predicted octanol–water partition coefficient (Wildman–Crippen LogP) is 19.3. The van der Waals surface area contributed by atoms with E-state index in [1.165, 1.54) is 166 Å². The second-order valence-corrected chi connectivity index (χ2v) is 25.4. The van der Waals surface area contributed by atoms with Crippen molar-refractivity contribution in [2.24, 2.45) is 0 Å². The van der Waals surface area contributed by atoms with Crippen molar-refractivity contribution < 1.29 is 4.42 Å². The highest BCUT2D eigenvalue weighted by Crippen LogP contribution is 2.54. The Kier molecular flexibility index (Phi) is 11.4. The Morgan fingerprint density at radius 1 is 0.494 bits per heavy atom. The number of nitrogens with zero attached hydrogens (tertiary/aromatic N) is 3. The highest BCUT2D eigenvalue weighted by Gasteiger charge is 2.49. The molecule has 4 aliphatic rings. The first-order valence-corrected chi connectivity index (χ1v) is 29.8. The van der Waals surface area contributed by atoms with Crippen LogP contribution >= 0.6 is 0 Å². The third kappa shape index (κ3) is 7.71. The van der Waals surface area contributed by atoms with Gasteiger partial charge in [0.2, 0.25) is 0 Å². The summed E-state index contributed by atoms with van der Waals surface area (Å²) in [6, 6.07) is 65.3. The molecule has 1 unspecified atom stereocenters. The minimum Gasteiger partial charge on any atom is -0.455 e. The Balaban J connectivity index is 1.06. The number of allylic oxidation sites excluding steroid dienone is 3. The summed E-state index contributed by atoms with van der Waals surface area (Å²) in [5.74, 6) is 0.657. The van der Waals surface area contributed by atoms with Gasteiger partial charge in [-0.15, -0.1) is 0 Å². The van der Waals surface area contributed by atoms with E-state index in [0.29, 0.717) is 5.92 Å². The molecule has 2 aromatic heterocycles. The third-order valence-electron chi connectivity index (χ3n) is 19.2. The van der Waals surface area contributed by atoms with Gasteiger partial charge in [-0.05, 0) is 181 Å². The zero-order valence-corrected chi connectivity index (χ0v) is 48.5. The average Bonchev–Trinajstić information content (AvgIpc) is 2.81. The van der Waals surface area contributed by atoms with E-state index in [9.17, 15) is 0 Å². The van der Waals surface area contributed by atoms with Gasteiger partial charge in [0.25, 0.3) is 6.71 Å². The molecule has 0 saturated heterocycles. The van der Waals surface area contributed by atoms with Gasteiger partial charge < -0.3 is 18.8 Å². The van der Waals surface area contributed by atoms with Gasteiger partial charge in [-0.25, -0.2) is 0 Å². The molecule has 2 aliphatic carbocycles. The summed E-state index contributed by atoms with van der Waals surface area (Å²) in [6.45, 7) is 20.9. The zero-order chi connectivity index (χ0) is 55.2. The highest BCUT2D eigenvalue weighted by molar-refractivity contribution is 6.95. The summed E-state index contributed by atoms with van der Waals surface area (Å²) in [5.41, 5.74) is 31.6. The minimum atomic E-state index is -0.0156. The molecule has 81 heavy (non-hydrogen) atoms. The van der Waals surface area contributed by atoms with Crippen LogP contribution in [0.1, 0.15) is 121 Å². The molecular formula is C76H70BN3O. The Morgan fingerprint density at radius 3 is 1.83 bits per heavy atom. The summed E-state index contributed by atoms with van der Waals surface area (Å²) in [6.07, 6.45) is 9.95. The second-order valence-electron chi connectivity index (χ2n) is 25.4. The summed E-state index contributed by atoms with van der Waals surface area (Å²) < 4.78 is 9.32. The van der Waals surface area contributed by atoms with Gasteiger partial charge in [-0.2, -0.15) is 0 Å². The lowest BCUT2D eigenvalue weighted by Gasteiger charge is -2.49. The van der Waals surface area contributed by atoms with E-state index >= 15 is 0 Å². The van der Waals surface area contributed by atoms with Gasteiger partial charge in [-0.3, -0.25) is 0 Å². The Hall–Kier alpha value is -8.28. The maximum Gasteiger partial charge on any atom is 0.251 e. The van der Waals surface area contributed by atoms with Crippen molar-refractivity contribution in [1.82, 2.24) is 4.57 Å². The quantitative estimate of drug-likeness (QED) is 0.155. The van der Waals surface area contributed by atoms with E-state index in [4.69, 9.17) is 4.42 Å². The highest BCUT2D eigenvalue weighted by atomic mass is 16.3. The number of benzene rings is 9. The normalized spacial score (nSPS) is 16.4. The predicted molar refractivity (Wildman–Crippen MR) is 344 cm³/mol. The number of furan rings is 1. The second kappa shape index (κ2) is 18.6. The van der Waals surface area contributed by atoms with Crippen molar-refractivity contribution >= 4 is 84.1 Å². The molecular weight excluding hydrogens is 982 g/mol. The van der Waals surface area contributed by atoms with Crippen molar-refractivity contribution in [3.8, 4) is 16.8 Å². The lowest BCUT2D eigenvalue weighted by atomic mass is 9.31. The fourth-order valence-corrected chi connectivity index (χ4v) is 15.4. The van der Waals surface area contributed by atoms with Crippen molar-refractivity contribution in [2.45, 2.75) is 118 Å². The van der Waals surface area contributed by atoms with Crippen LogP contribution in [0.3, 0.4) is 0 Å². The van der Waals surface area contributed by atoms with Gasteiger partial charge >= 0.3 is 0 Å². The van der Waals surface area contributed by atoms with Crippen molar-refractivity contribution in [1.29, 1.82) is 0 Å². The molecule has 0 N–H and O–H groups in total. The summed E-state index contributed by atoms with van der Waals surface area (Å²) in [5, 5.41) is 4.87. The smallest absolute Gasteiger partial charge is 0.251 e. The Labute approximate surface area is 478 Å². The molecule has 4 nitrogen and oxygen atoms in total. The maximum atomic E-state index is 6.74. The topological polar surface area (TPSA) is 24.6 Å². The molecule has 1 atom stereocenters. The van der Waals surface area contributed by atoms with Gasteiger partial charge in [-0.1, -0.05) is 180 Å². The third-order valence-corrected chi connectivity index (χ3v) is 19.2. The van der Waals surface area contributed by atoms with Crippen molar-refractivity contribution in [3.05, 3.63) is 243 Å². The number of hydrogen-bond donors (Lipinski definition) is 0. The van der Waals surface area contributed by atoms with E-state index in [1.807, 2.05) is 0 Å². The molecule has 0 amide bonds. The monoisotopic (exact) mass is 1050 g/mol. The zero-order valence-electron chi connectivity index (χ0n) is 48.5. The number of aryl methyl sites for hydroxylation is 6. The number of rotatable bonds is 6. The molecule has 1 fully saturated rings. The van der Waals surface area contributed by atoms with Gasteiger partial charge in [0.15, 0.2) is 0 Å². The molecule has 0 spiro atoms. The molecule has 9 aromatic carbocycles. The van der Waals surface area contributed by atoms with Crippen molar-refractivity contribution in [2.75, 3.05) is 9.80 Å². The molecule has 4 heterocycles. The van der Waals surface area contributed by atoms with Crippen molar-refractivity contribution in [3.63, 3.8) is 0 Å². The fourth-order valence-electron chi connectivity index (χ4n) is 15.4. The van der Waals surface area contributed by atoms with Crippen LogP contribution < -0.4 is 20.7 Å². The van der Waals surface area contributed by atoms with Gasteiger partial charge in [0, 0.05) is 55.8 Å². The van der Waals surface area contributed by atoms with Crippen LogP contribution in [0, 0.1) is 41.5 Å². The van der Waals surface area contributed by atoms with Crippen LogP contribution in [-0.4, -0.2) is 11.3 Å². The van der Waals surface area contributed by atoms with Crippen LogP contribution in [-0.2, 0) is 5.41 Å². The van der Waals surface area contributed by atoms with E-state index in [0.717, 1.165) is 33.9 Å². The van der Waals surface area contributed by atoms with Crippen LogP contribution in [0.5, 0.6) is 0 Å². The minimum absolute atomic E-state index is 0.0156. The lowest BCUT2D eigenvalue weighted by Crippen LogP contribution is -2.57. The van der Waals surface area contributed by atoms with Crippen LogP contribution in [0.2, 0.25) is 0 Å². The van der Waals surface area contributed by atoms with Gasteiger partial charge in [0.05, 0.1) is 28.1 Å². The van der Waals surface area contributed by atoms with E-state index in [-0.39, 0.29) is 18.0 Å². The molecule has 0 bridgehead atoms. The lowest BCUT2D eigenvalue weighted by molar-refractivity contribution is 0.444. The van der Waals surface area contributed by atoms with Gasteiger partial charge in [0.1, 0.15) is 11.2 Å². The first-order valence-electron chi connectivity index (χ1n) is 29.8. The molecule has 398 valence electrons. The number of fused-ring (bicyclic) bond motifs is 10. The van der Waals surface area contributed by atoms with E-state index in [1.54, 1.807) is 0 Å². The Bertz CT molecular complexity index is 4430. The van der Waals surface area contributed by atoms with Crippen LogP contribution in [0.25, 0.3) is 60.6 Å². The summed E-state index contributed by atoms with van der Waals surface area (Å²) in [7, 11) is 0. The van der Waals surface area contributed by atoms with Crippen LogP contribution in [0.15, 0.2) is 197 Å². The molecule has 2 aliphatic heterocycles. The average molecular weight is 1050 g/mol. The fraction of sp³-hybridized carbons (Fsp3) is 0.237. The molecule has 5 heteroatoms. The summed E-state index contributed by atoms with van der Waals surface area (Å²) >= 11 is 0. The van der Waals surface area contributed by atoms with E-state index in [2.05, 4.69) is 253 Å². The molecule has 15 rings (SSSR count). The number of hydrogen-bond acceptors (Lipinski definition) is 3. The maximum absolute atomic E-state index is 6.74. The molecule has 11 aromatic rings. The standard InChI is InChI=1S/C76H70BN3O/c1-45-20-17-21-46(2)72(45)78-64-30-15-13-26-58(64)61-43-63-67(44-66(61)78)80(74-49(5)38-55(39-50(74)6)57-28-19-29-60-59-27-14-16-31-70(59)81-75(57)60)69-42-54(52-32-35-56(36-33-52)76(7,8)9)41-68-71(69)77(63)62-40-53(51-24-11-10-12-25-51)34-37-65(62)79(68)73-47(3)22-18-23-48(73)4/h13-23,26-41,43-44,51,54H,10-12,24-25,42H2,1-9H3. The first kappa shape index (κ1) is 49.7. The SMILES string of the molecule is Cc1cccc(C)c1N1C2=CC(c3ccc(C(C)(C)C)cc3)CC3=C2B(c2cc(C4CCCCC4)ccc21)c1cc2c4ccccc4n(-c4c(C)cccc4C)c2cc1N3c1c(C)cc(-c2cccc3c2oc2ccccc23)cc1C. The largest absolute Gasteiger partial charge is 0.455 e. The first-order chi connectivity index (χ1) is 39.3. The molecule has 0 radical (unpaired) electrons. The number of para-hydroxylation sites is 5. The Morgan fingerprint density at radius 2 is 1.11 bits per heavy atom. The molecule has 1 saturated carbocycles. The van der Waals surface area contributed by atoms with E-state index < -0.39 is 0 Å². The number of anilines is 4. The number of aromatic nitrogens is 1. The summed E-state index contributed by atoms with van der Waals surface area (Å²) in [4.78, 5) is 5.48.